The second-order valence-corrected chi connectivity index (χ2v) is 10.2. The highest BCUT2D eigenvalue weighted by Crippen LogP contribution is 2.24. The molecule has 2 rings (SSSR count). The first-order valence-electron chi connectivity index (χ1n) is 8.67. The van der Waals surface area contributed by atoms with E-state index in [0.717, 1.165) is 0 Å². The van der Waals surface area contributed by atoms with Crippen LogP contribution in [0.3, 0.4) is 0 Å². The Morgan fingerprint density at radius 3 is 2.17 bits per heavy atom. The molecule has 2 aromatic rings. The Bertz CT molecular complexity index is 1030. The third kappa shape index (κ3) is 5.63. The minimum atomic E-state index is -4.05. The number of hydrogen-bond donors (Lipinski definition) is 1. The van der Waals surface area contributed by atoms with E-state index >= 15 is 0 Å². The molecule has 0 unspecified atom stereocenters. The molecule has 6 nitrogen and oxygen atoms in total. The average Bonchev–Trinajstić information content (AvgIpc) is 2.58. The normalized spacial score (nSPS) is 11.9. The lowest BCUT2D eigenvalue weighted by Gasteiger charge is -2.31. The number of sulfonamides is 1. The lowest BCUT2D eigenvalue weighted by atomic mass is 10.0. The maximum absolute atomic E-state index is 13.0. The number of ketones is 1. The number of benzene rings is 2. The van der Waals surface area contributed by atoms with Gasteiger partial charge in [0, 0.05) is 15.6 Å². The predicted octanol–water partition coefficient (Wildman–Crippen LogP) is 4.47. The standard InChI is InChI=1S/C20H21BrFNO5S/c1-20(2,3)23(19(25)26)29(27,28)11-10-13-4-9-16(17(21)12-13)18(24)14-5-7-15(22)8-6-14/h4-9,12H,10-11H2,1-3H3,(H,25,26). The Kier molecular flexibility index (Phi) is 6.85. The lowest BCUT2D eigenvalue weighted by Crippen LogP contribution is -2.49. The molecule has 156 valence electrons. The van der Waals surface area contributed by atoms with Crippen LogP contribution in [-0.2, 0) is 16.4 Å². The van der Waals surface area contributed by atoms with Crippen LogP contribution in [0.1, 0.15) is 42.3 Å². The third-order valence-corrected chi connectivity index (χ3v) is 6.73. The molecular formula is C20H21BrFNO5S. The van der Waals surface area contributed by atoms with E-state index in [-0.39, 0.29) is 12.2 Å². The molecule has 0 atom stereocenters. The van der Waals surface area contributed by atoms with Crippen LogP contribution >= 0.6 is 15.9 Å². The molecule has 0 radical (unpaired) electrons. The van der Waals surface area contributed by atoms with Crippen molar-refractivity contribution in [2.45, 2.75) is 32.7 Å². The molecule has 0 saturated carbocycles. The van der Waals surface area contributed by atoms with Gasteiger partial charge in [0.1, 0.15) is 5.82 Å². The van der Waals surface area contributed by atoms with Crippen molar-refractivity contribution < 1.29 is 27.5 Å². The molecule has 0 aliphatic carbocycles. The van der Waals surface area contributed by atoms with Crippen LogP contribution < -0.4 is 0 Å². The number of rotatable bonds is 6. The Morgan fingerprint density at radius 2 is 1.69 bits per heavy atom. The number of carbonyl (C=O) groups is 2. The summed E-state index contributed by atoms with van der Waals surface area (Å²) in [6.07, 6.45) is -1.45. The number of carbonyl (C=O) groups excluding carboxylic acids is 1. The summed E-state index contributed by atoms with van der Waals surface area (Å²) in [4.78, 5) is 24.0. The molecule has 0 fully saturated rings. The zero-order chi connectivity index (χ0) is 22.0. The summed E-state index contributed by atoms with van der Waals surface area (Å²) in [5, 5.41) is 9.29. The second kappa shape index (κ2) is 8.62. The van der Waals surface area contributed by atoms with Crippen molar-refractivity contribution in [2.24, 2.45) is 0 Å². The first-order chi connectivity index (χ1) is 13.3. The van der Waals surface area contributed by atoms with Crippen LogP contribution in [0, 0.1) is 5.82 Å². The smallest absolute Gasteiger partial charge is 0.421 e. The molecule has 2 aromatic carbocycles. The summed E-state index contributed by atoms with van der Waals surface area (Å²) in [5.41, 5.74) is 0.196. The molecule has 0 spiro atoms. The van der Waals surface area contributed by atoms with Gasteiger partial charge in [0.2, 0.25) is 10.0 Å². The second-order valence-electron chi connectivity index (χ2n) is 7.43. The number of hydrogen-bond acceptors (Lipinski definition) is 4. The average molecular weight is 486 g/mol. The van der Waals surface area contributed by atoms with Crippen molar-refractivity contribution in [1.29, 1.82) is 0 Å². The molecule has 0 aliphatic heterocycles. The van der Waals surface area contributed by atoms with Crippen molar-refractivity contribution in [2.75, 3.05) is 5.75 Å². The van der Waals surface area contributed by atoms with Gasteiger partial charge in [-0.1, -0.05) is 22.0 Å². The topological polar surface area (TPSA) is 91.8 Å². The van der Waals surface area contributed by atoms with Crippen molar-refractivity contribution in [3.05, 3.63) is 69.4 Å². The summed E-state index contributed by atoms with van der Waals surface area (Å²) in [6.45, 7) is 4.52. The van der Waals surface area contributed by atoms with Crippen LogP contribution in [0.4, 0.5) is 9.18 Å². The van der Waals surface area contributed by atoms with Gasteiger partial charge in [-0.3, -0.25) is 4.79 Å². The van der Waals surface area contributed by atoms with Gasteiger partial charge in [0.05, 0.1) is 11.3 Å². The first kappa shape index (κ1) is 23.0. The van der Waals surface area contributed by atoms with E-state index in [9.17, 15) is 27.5 Å². The van der Waals surface area contributed by atoms with Gasteiger partial charge in [-0.25, -0.2) is 17.6 Å². The third-order valence-electron chi connectivity index (χ3n) is 4.09. The molecular weight excluding hydrogens is 465 g/mol. The predicted molar refractivity (Wildman–Crippen MR) is 111 cm³/mol. The van der Waals surface area contributed by atoms with E-state index in [4.69, 9.17) is 0 Å². The van der Waals surface area contributed by atoms with Gasteiger partial charge < -0.3 is 5.11 Å². The van der Waals surface area contributed by atoms with Crippen LogP contribution in [0.25, 0.3) is 0 Å². The van der Waals surface area contributed by atoms with E-state index in [0.29, 0.717) is 25.5 Å². The zero-order valence-electron chi connectivity index (χ0n) is 16.1. The maximum Gasteiger partial charge on any atom is 0.421 e. The quantitative estimate of drug-likeness (QED) is 0.609. The molecule has 0 heterocycles. The van der Waals surface area contributed by atoms with Crippen molar-refractivity contribution in [1.82, 2.24) is 4.31 Å². The Labute approximate surface area is 177 Å². The number of carboxylic acid groups (broad SMARTS) is 1. The fraction of sp³-hybridized carbons (Fsp3) is 0.300. The highest BCUT2D eigenvalue weighted by Gasteiger charge is 2.36. The molecule has 0 bridgehead atoms. The van der Waals surface area contributed by atoms with Crippen LogP contribution in [0.5, 0.6) is 0 Å². The molecule has 0 aliphatic rings. The minimum Gasteiger partial charge on any atom is -0.464 e. The van der Waals surface area contributed by atoms with E-state index in [2.05, 4.69) is 15.9 Å². The maximum atomic E-state index is 13.0. The highest BCUT2D eigenvalue weighted by atomic mass is 79.9. The fourth-order valence-electron chi connectivity index (χ4n) is 2.82. The molecule has 29 heavy (non-hydrogen) atoms. The van der Waals surface area contributed by atoms with Crippen LogP contribution in [-0.4, -0.2) is 41.0 Å². The first-order valence-corrected chi connectivity index (χ1v) is 11.1. The van der Waals surface area contributed by atoms with Crippen LogP contribution in [0.15, 0.2) is 46.9 Å². The number of aryl methyl sites for hydroxylation is 1. The highest BCUT2D eigenvalue weighted by molar-refractivity contribution is 9.10. The molecule has 0 aromatic heterocycles. The van der Waals surface area contributed by atoms with E-state index < -0.39 is 33.2 Å². The minimum absolute atomic E-state index is 0.0752. The largest absolute Gasteiger partial charge is 0.464 e. The summed E-state index contributed by atoms with van der Waals surface area (Å²) in [7, 11) is -4.05. The SMILES string of the molecule is CC(C)(C)N(C(=O)O)S(=O)(=O)CCc1ccc(C(=O)c2ccc(F)cc2)c(Br)c1. The van der Waals surface area contributed by atoms with Crippen molar-refractivity contribution in [3.8, 4) is 0 Å². The van der Waals surface area contributed by atoms with Gasteiger partial charge in [-0.05, 0) is 69.2 Å². The fourth-order valence-corrected chi connectivity index (χ4v) is 5.17. The monoisotopic (exact) mass is 485 g/mol. The number of amides is 1. The van der Waals surface area contributed by atoms with Gasteiger partial charge >= 0.3 is 6.09 Å². The summed E-state index contributed by atoms with van der Waals surface area (Å²) in [5.74, 6) is -1.14. The molecule has 1 N–H and O–H groups in total. The van der Waals surface area contributed by atoms with Gasteiger partial charge in [0.25, 0.3) is 0 Å². The summed E-state index contributed by atoms with van der Waals surface area (Å²) >= 11 is 3.31. The van der Waals surface area contributed by atoms with Gasteiger partial charge in [-0.2, -0.15) is 4.31 Å². The van der Waals surface area contributed by atoms with Crippen molar-refractivity contribution in [3.63, 3.8) is 0 Å². The Morgan fingerprint density at radius 1 is 1.10 bits per heavy atom. The van der Waals surface area contributed by atoms with Gasteiger partial charge in [0.15, 0.2) is 5.78 Å². The Hall–Kier alpha value is -2.26. The summed E-state index contributed by atoms with van der Waals surface area (Å²) in [6, 6.07) is 9.95. The number of halogens is 2. The zero-order valence-corrected chi connectivity index (χ0v) is 18.5. The van der Waals surface area contributed by atoms with Gasteiger partial charge in [-0.15, -0.1) is 0 Å². The van der Waals surface area contributed by atoms with Crippen molar-refractivity contribution >= 4 is 37.8 Å². The molecule has 0 saturated heterocycles. The molecule has 1 amide bonds. The summed E-state index contributed by atoms with van der Waals surface area (Å²) < 4.78 is 39.0. The van der Waals surface area contributed by atoms with E-state index in [1.165, 1.54) is 45.0 Å². The number of nitrogens with zero attached hydrogens (tertiary/aromatic N) is 1. The lowest BCUT2D eigenvalue weighted by molar-refractivity contribution is 0.103. The van der Waals surface area contributed by atoms with E-state index in [1.807, 2.05) is 0 Å². The molecule has 9 heteroatoms. The van der Waals surface area contributed by atoms with E-state index in [1.54, 1.807) is 18.2 Å². The Balaban J connectivity index is 2.19. The van der Waals surface area contributed by atoms with Crippen LogP contribution in [0.2, 0.25) is 0 Å².